The van der Waals surface area contributed by atoms with Crippen LogP contribution in [0, 0.1) is 13.8 Å². The van der Waals surface area contributed by atoms with Crippen molar-refractivity contribution in [3.05, 3.63) is 87.5 Å². The van der Waals surface area contributed by atoms with Crippen molar-refractivity contribution in [2.75, 3.05) is 0 Å². The summed E-state index contributed by atoms with van der Waals surface area (Å²) in [6.07, 6.45) is 1.29. The molecule has 10 heteroatoms. The summed E-state index contributed by atoms with van der Waals surface area (Å²) in [5.41, 5.74) is 12.8. The number of phosphoric acid groups is 1. The molecule has 0 amide bonds. The van der Waals surface area contributed by atoms with Gasteiger partial charge >= 0.3 is 0 Å². The van der Waals surface area contributed by atoms with E-state index in [0.29, 0.717) is 20.4 Å². The molecule has 0 saturated heterocycles. The Balaban J connectivity index is 0.000000190. The van der Waals surface area contributed by atoms with E-state index in [0.717, 1.165) is 11.4 Å². The predicted molar refractivity (Wildman–Crippen MR) is 127 cm³/mol. The standard InChI is InChI=1S/C8H6BrClNO4P.2C7H9N/c9-5-1-4-7(2-6(5)10)11-3-8(4)15-16(12,13)14;2*1-6-2-4-7(8)5-3-6/h1-3,11H,(H2,12,13,14);2*2-5H,8H2,1H3. The van der Waals surface area contributed by atoms with Crippen LogP contribution in [-0.2, 0) is 4.57 Å². The molecule has 4 aromatic rings. The molecule has 7 N–H and O–H groups in total. The number of quaternary nitrogens is 2. The number of aromatic amines is 1. The first-order chi connectivity index (χ1) is 14.9. The molecule has 0 atom stereocenters. The Bertz CT molecular complexity index is 1120. The molecular weight excluding hydrogens is 517 g/mol. The van der Waals surface area contributed by atoms with Crippen molar-refractivity contribution in [3.8, 4) is 5.75 Å². The van der Waals surface area contributed by atoms with Gasteiger partial charge in [0.2, 0.25) is 0 Å². The van der Waals surface area contributed by atoms with Crippen LogP contribution in [0.2, 0.25) is 5.02 Å². The number of fused-ring (bicyclic) bond motifs is 1. The second kappa shape index (κ2) is 11.6. The molecule has 0 aliphatic carbocycles. The summed E-state index contributed by atoms with van der Waals surface area (Å²) in [5, 5.41) is 0.927. The first kappa shape index (κ1) is 26.1. The molecule has 7 nitrogen and oxygen atoms in total. The smallest absolute Gasteiger partial charge is 0.149 e. The van der Waals surface area contributed by atoms with Crippen molar-refractivity contribution in [1.82, 2.24) is 4.98 Å². The summed E-state index contributed by atoms with van der Waals surface area (Å²) in [4.78, 5) is 23.7. The quantitative estimate of drug-likeness (QED) is 0.334. The van der Waals surface area contributed by atoms with Crippen LogP contribution in [0.4, 0.5) is 11.4 Å². The van der Waals surface area contributed by atoms with Gasteiger partial charge in [0.1, 0.15) is 24.9 Å². The molecule has 0 spiro atoms. The number of nitrogens with one attached hydrogen (secondary N) is 1. The van der Waals surface area contributed by atoms with Crippen LogP contribution in [-0.4, -0.2) is 4.98 Å². The number of phosphoric ester groups is 1. The van der Waals surface area contributed by atoms with Gasteiger partial charge in [0.25, 0.3) is 0 Å². The Morgan fingerprint density at radius 3 is 1.81 bits per heavy atom. The van der Waals surface area contributed by atoms with Gasteiger partial charge in [-0.05, 0) is 66.2 Å². The average Bonchev–Trinajstić information content (AvgIpc) is 3.08. The Morgan fingerprint density at radius 2 is 1.41 bits per heavy atom. The number of aryl methyl sites for hydroxylation is 2. The SMILES string of the molecule is Cc1ccc([NH3+])cc1.Cc1ccc([NH3+])cc1.O=P([O-])([O-])Oc1c[nH]c2cc(Cl)c(Br)cc12. The lowest BCUT2D eigenvalue weighted by atomic mass is 10.2. The summed E-state index contributed by atoms with van der Waals surface area (Å²) in [6, 6.07) is 19.4. The Morgan fingerprint density at radius 1 is 0.938 bits per heavy atom. The fraction of sp³-hybridized carbons (Fsp3) is 0.0909. The van der Waals surface area contributed by atoms with E-state index in [2.05, 4.69) is 75.0 Å². The van der Waals surface area contributed by atoms with E-state index in [1.807, 2.05) is 24.3 Å². The van der Waals surface area contributed by atoms with Gasteiger partial charge in [-0.2, -0.15) is 0 Å². The average molecular weight is 541 g/mol. The molecule has 0 saturated carbocycles. The molecule has 1 heterocycles. The van der Waals surface area contributed by atoms with Crippen LogP contribution in [0.3, 0.4) is 0 Å². The highest BCUT2D eigenvalue weighted by atomic mass is 79.9. The third kappa shape index (κ3) is 8.76. The van der Waals surface area contributed by atoms with Gasteiger partial charge in [0, 0.05) is 16.1 Å². The number of rotatable bonds is 2. The fourth-order valence-corrected chi connectivity index (χ4v) is 3.36. The normalized spacial score (nSPS) is 10.6. The molecule has 0 aliphatic rings. The summed E-state index contributed by atoms with van der Waals surface area (Å²) in [5.74, 6) is -0.0410. The van der Waals surface area contributed by atoms with E-state index in [4.69, 9.17) is 11.6 Å². The Hall–Kier alpha value is -2.16. The zero-order valence-corrected chi connectivity index (χ0v) is 20.8. The molecule has 0 unspecified atom stereocenters. The minimum atomic E-state index is -5.05. The molecule has 3 aromatic carbocycles. The van der Waals surface area contributed by atoms with Crippen molar-refractivity contribution < 1.29 is 30.3 Å². The van der Waals surface area contributed by atoms with Gasteiger partial charge in [0.05, 0.1) is 10.5 Å². The third-order valence-electron chi connectivity index (χ3n) is 4.14. The lowest BCUT2D eigenvalue weighted by Crippen LogP contribution is -2.39. The van der Waals surface area contributed by atoms with E-state index in [1.165, 1.54) is 17.3 Å². The van der Waals surface area contributed by atoms with Crippen LogP contribution in [0.5, 0.6) is 5.75 Å². The summed E-state index contributed by atoms with van der Waals surface area (Å²) in [7, 11) is -5.05. The van der Waals surface area contributed by atoms with Crippen molar-refractivity contribution in [2.24, 2.45) is 0 Å². The van der Waals surface area contributed by atoms with Crippen LogP contribution < -0.4 is 25.8 Å². The molecule has 0 aliphatic heterocycles. The van der Waals surface area contributed by atoms with E-state index in [9.17, 15) is 14.4 Å². The highest BCUT2D eigenvalue weighted by molar-refractivity contribution is 9.10. The molecule has 1 aromatic heterocycles. The fourth-order valence-electron chi connectivity index (χ4n) is 2.46. The maximum Gasteiger partial charge on any atom is 0.149 e. The van der Waals surface area contributed by atoms with Gasteiger partial charge in [-0.25, -0.2) is 0 Å². The summed E-state index contributed by atoms with van der Waals surface area (Å²) >= 11 is 9.03. The number of halogens is 2. The number of H-pyrrole nitrogens is 1. The van der Waals surface area contributed by atoms with Gasteiger partial charge in [-0.3, -0.25) is 0 Å². The maximum atomic E-state index is 10.5. The predicted octanol–water partition coefficient (Wildman–Crippen LogP) is 3.53. The molecular formula is C22H24BrClN3O4P. The molecule has 0 bridgehead atoms. The first-order valence-corrected chi connectivity index (χ1v) is 12.0. The van der Waals surface area contributed by atoms with Gasteiger partial charge < -0.3 is 35.3 Å². The van der Waals surface area contributed by atoms with Gasteiger partial charge in [0.15, 0.2) is 0 Å². The van der Waals surface area contributed by atoms with E-state index in [-0.39, 0.29) is 5.75 Å². The number of hydrogen-bond acceptors (Lipinski definition) is 4. The van der Waals surface area contributed by atoms with Crippen molar-refractivity contribution in [2.45, 2.75) is 13.8 Å². The van der Waals surface area contributed by atoms with Gasteiger partial charge in [-0.1, -0.05) is 47.0 Å². The third-order valence-corrected chi connectivity index (χ3v) is 5.75. The number of aromatic nitrogens is 1. The van der Waals surface area contributed by atoms with Gasteiger partial charge in [-0.15, -0.1) is 0 Å². The zero-order valence-electron chi connectivity index (χ0n) is 17.6. The highest BCUT2D eigenvalue weighted by Crippen LogP contribution is 2.38. The molecule has 170 valence electrons. The minimum absolute atomic E-state index is 0.0410. The van der Waals surface area contributed by atoms with Crippen LogP contribution in [0.25, 0.3) is 10.9 Å². The molecule has 0 radical (unpaired) electrons. The van der Waals surface area contributed by atoms with Crippen molar-refractivity contribution in [1.29, 1.82) is 0 Å². The number of benzene rings is 3. The second-order valence-corrected chi connectivity index (χ2v) is 9.31. The lowest BCUT2D eigenvalue weighted by molar-refractivity contribution is -0.333. The van der Waals surface area contributed by atoms with Crippen LogP contribution >= 0.6 is 35.4 Å². The molecule has 0 fully saturated rings. The number of hydrogen-bond donors (Lipinski definition) is 3. The minimum Gasteiger partial charge on any atom is -0.780 e. The van der Waals surface area contributed by atoms with E-state index >= 15 is 0 Å². The van der Waals surface area contributed by atoms with Crippen LogP contribution in [0.1, 0.15) is 11.1 Å². The van der Waals surface area contributed by atoms with Crippen molar-refractivity contribution >= 4 is 57.6 Å². The van der Waals surface area contributed by atoms with Crippen molar-refractivity contribution in [3.63, 3.8) is 0 Å². The summed E-state index contributed by atoms with van der Waals surface area (Å²) < 4.78 is 15.4. The topological polar surface area (TPSA) is 143 Å². The monoisotopic (exact) mass is 539 g/mol. The van der Waals surface area contributed by atoms with E-state index in [1.54, 1.807) is 12.1 Å². The summed E-state index contributed by atoms with van der Waals surface area (Å²) in [6.45, 7) is 4.14. The largest absolute Gasteiger partial charge is 0.780 e. The highest BCUT2D eigenvalue weighted by Gasteiger charge is 2.09. The zero-order chi connectivity index (χ0) is 23.9. The maximum absolute atomic E-state index is 10.5. The first-order valence-electron chi connectivity index (χ1n) is 9.39. The lowest BCUT2D eigenvalue weighted by Gasteiger charge is -2.28. The molecule has 4 rings (SSSR count). The Labute approximate surface area is 199 Å². The van der Waals surface area contributed by atoms with E-state index < -0.39 is 7.82 Å². The van der Waals surface area contributed by atoms with Crippen LogP contribution in [0.15, 0.2) is 71.3 Å². The molecule has 32 heavy (non-hydrogen) atoms. The Kier molecular flexibility index (Phi) is 9.48. The second-order valence-electron chi connectivity index (χ2n) is 6.97.